The first-order chi connectivity index (χ1) is 7.27. The van der Waals surface area contributed by atoms with Gasteiger partial charge in [-0.05, 0) is 12.8 Å². The summed E-state index contributed by atoms with van der Waals surface area (Å²) in [6.07, 6.45) is 1.20. The van der Waals surface area contributed by atoms with Crippen molar-refractivity contribution in [2.75, 3.05) is 20.5 Å². The van der Waals surface area contributed by atoms with Gasteiger partial charge in [-0.25, -0.2) is 0 Å². The molecule has 4 atom stereocenters. The molecule has 0 amide bonds. The van der Waals surface area contributed by atoms with Gasteiger partial charge < -0.3 is 19.3 Å². The molecule has 0 aromatic rings. The van der Waals surface area contributed by atoms with Gasteiger partial charge in [-0.1, -0.05) is 0 Å². The smallest absolute Gasteiger partial charge is 0.309 e. The predicted octanol–water partition coefficient (Wildman–Crippen LogP) is -0.0806. The molecule has 5 nitrogen and oxygen atoms in total. The number of esters is 1. The van der Waals surface area contributed by atoms with Crippen LogP contribution in [-0.2, 0) is 19.0 Å². The van der Waals surface area contributed by atoms with Crippen molar-refractivity contribution in [3.8, 4) is 0 Å². The predicted molar refractivity (Wildman–Crippen MR) is 49.9 cm³/mol. The zero-order valence-corrected chi connectivity index (χ0v) is 8.72. The van der Waals surface area contributed by atoms with Crippen LogP contribution < -0.4 is 0 Å². The van der Waals surface area contributed by atoms with E-state index >= 15 is 0 Å². The van der Waals surface area contributed by atoms with Gasteiger partial charge >= 0.3 is 5.97 Å². The van der Waals surface area contributed by atoms with Crippen LogP contribution in [0, 0.1) is 11.8 Å². The molecule has 0 bridgehead atoms. The first-order valence-electron chi connectivity index (χ1n) is 5.19. The second kappa shape index (κ2) is 4.47. The fraction of sp³-hybridized carbons (Fsp3) is 0.900. The van der Waals surface area contributed by atoms with Crippen molar-refractivity contribution >= 4 is 5.97 Å². The molecule has 5 heteroatoms. The number of fused-ring (bicyclic) bond motifs is 1. The second-order valence-corrected chi connectivity index (χ2v) is 4.03. The Morgan fingerprint density at radius 3 is 3.00 bits per heavy atom. The van der Waals surface area contributed by atoms with Crippen LogP contribution in [0.2, 0.25) is 0 Å². The number of aliphatic hydroxyl groups excluding tert-OH is 1. The monoisotopic (exact) mass is 216 g/mol. The summed E-state index contributed by atoms with van der Waals surface area (Å²) in [5.41, 5.74) is 0. The molecule has 0 aromatic carbocycles. The van der Waals surface area contributed by atoms with Crippen molar-refractivity contribution in [2.45, 2.75) is 25.0 Å². The van der Waals surface area contributed by atoms with E-state index in [2.05, 4.69) is 0 Å². The number of hydrogen-bond donors (Lipinski definition) is 1. The number of cyclic esters (lactones) is 1. The van der Waals surface area contributed by atoms with Gasteiger partial charge in [0.15, 0.2) is 0 Å². The van der Waals surface area contributed by atoms with E-state index in [0.717, 1.165) is 12.8 Å². The third-order valence-corrected chi connectivity index (χ3v) is 3.24. The van der Waals surface area contributed by atoms with Crippen molar-refractivity contribution in [2.24, 2.45) is 11.8 Å². The van der Waals surface area contributed by atoms with Gasteiger partial charge in [0, 0.05) is 13.0 Å². The molecule has 2 fully saturated rings. The molecule has 1 saturated heterocycles. The minimum absolute atomic E-state index is 0.00218. The van der Waals surface area contributed by atoms with E-state index in [1.165, 1.54) is 0 Å². The van der Waals surface area contributed by atoms with Crippen molar-refractivity contribution in [3.63, 3.8) is 0 Å². The molecule has 1 aliphatic heterocycles. The SMILES string of the molecule is COCO[C@H]1CC[C@H]2C(=O)O[C@@H](CO)[C@@H]12. The molecule has 0 unspecified atom stereocenters. The van der Waals surface area contributed by atoms with Crippen LogP contribution in [0.3, 0.4) is 0 Å². The van der Waals surface area contributed by atoms with Crippen LogP contribution in [0.25, 0.3) is 0 Å². The lowest BCUT2D eigenvalue weighted by molar-refractivity contribution is -0.146. The van der Waals surface area contributed by atoms with Crippen LogP contribution in [0.1, 0.15) is 12.8 Å². The van der Waals surface area contributed by atoms with Crippen LogP contribution in [0.5, 0.6) is 0 Å². The Hall–Kier alpha value is -0.650. The second-order valence-electron chi connectivity index (χ2n) is 4.03. The highest BCUT2D eigenvalue weighted by molar-refractivity contribution is 5.76. The Morgan fingerprint density at radius 1 is 1.53 bits per heavy atom. The maximum atomic E-state index is 11.4. The lowest BCUT2D eigenvalue weighted by atomic mass is 9.93. The van der Waals surface area contributed by atoms with E-state index in [1.807, 2.05) is 0 Å². The minimum atomic E-state index is -0.396. The molecule has 0 spiro atoms. The fourth-order valence-electron chi connectivity index (χ4n) is 2.59. The van der Waals surface area contributed by atoms with Gasteiger partial charge in [0.25, 0.3) is 0 Å². The van der Waals surface area contributed by atoms with Crippen LogP contribution in [0.4, 0.5) is 0 Å². The van der Waals surface area contributed by atoms with Crippen LogP contribution in [0.15, 0.2) is 0 Å². The first kappa shape index (κ1) is 10.9. The Morgan fingerprint density at radius 2 is 2.33 bits per heavy atom. The Kier molecular flexibility index (Phi) is 3.23. The van der Waals surface area contributed by atoms with E-state index in [-0.39, 0.29) is 37.3 Å². The molecule has 1 saturated carbocycles. The normalized spacial score (nSPS) is 39.2. The summed E-state index contributed by atoms with van der Waals surface area (Å²) in [5, 5.41) is 9.11. The highest BCUT2D eigenvalue weighted by Crippen LogP contribution is 2.42. The number of methoxy groups -OCH3 is 1. The van der Waals surface area contributed by atoms with Crippen molar-refractivity contribution in [3.05, 3.63) is 0 Å². The zero-order chi connectivity index (χ0) is 10.8. The standard InChI is InChI=1S/C10H16O5/c1-13-5-14-7-3-2-6-9(7)8(4-11)15-10(6)12/h6-9,11H,2-5H2,1H3/t6-,7+,8+,9-/m1/s1. The van der Waals surface area contributed by atoms with Crippen LogP contribution in [-0.4, -0.2) is 43.8 Å². The average Bonchev–Trinajstić information content (AvgIpc) is 2.78. The minimum Gasteiger partial charge on any atom is -0.459 e. The number of carbonyl (C=O) groups excluding carboxylic acids is 1. The molecule has 0 radical (unpaired) electrons. The number of ether oxygens (including phenoxy) is 3. The summed E-state index contributed by atoms with van der Waals surface area (Å²) in [7, 11) is 1.56. The molecule has 2 rings (SSSR count). The Bertz CT molecular complexity index is 242. The Labute approximate surface area is 88.3 Å². The highest BCUT2D eigenvalue weighted by Gasteiger charge is 2.52. The fourth-order valence-corrected chi connectivity index (χ4v) is 2.59. The van der Waals surface area contributed by atoms with Gasteiger partial charge in [-0.2, -0.15) is 0 Å². The summed E-state index contributed by atoms with van der Waals surface area (Å²) in [6, 6.07) is 0. The summed E-state index contributed by atoms with van der Waals surface area (Å²) >= 11 is 0. The quantitative estimate of drug-likeness (QED) is 0.526. The number of hydrogen-bond acceptors (Lipinski definition) is 5. The molecular weight excluding hydrogens is 200 g/mol. The summed E-state index contributed by atoms with van der Waals surface area (Å²) in [4.78, 5) is 11.4. The maximum Gasteiger partial charge on any atom is 0.309 e. The summed E-state index contributed by atoms with van der Waals surface area (Å²) in [5.74, 6) is -0.288. The van der Waals surface area contributed by atoms with Gasteiger partial charge in [0.1, 0.15) is 12.9 Å². The molecule has 15 heavy (non-hydrogen) atoms. The van der Waals surface area contributed by atoms with E-state index < -0.39 is 6.10 Å². The van der Waals surface area contributed by atoms with Gasteiger partial charge in [0.05, 0.1) is 18.6 Å². The highest BCUT2D eigenvalue weighted by atomic mass is 16.7. The van der Waals surface area contributed by atoms with Crippen molar-refractivity contribution in [1.82, 2.24) is 0 Å². The van der Waals surface area contributed by atoms with E-state index in [9.17, 15) is 4.79 Å². The number of carbonyl (C=O) groups is 1. The van der Waals surface area contributed by atoms with E-state index in [1.54, 1.807) is 7.11 Å². The number of aliphatic hydroxyl groups is 1. The lowest BCUT2D eigenvalue weighted by Crippen LogP contribution is -2.31. The van der Waals surface area contributed by atoms with Gasteiger partial charge in [0.2, 0.25) is 0 Å². The summed E-state index contributed by atoms with van der Waals surface area (Å²) < 4.78 is 15.4. The molecule has 0 aromatic heterocycles. The largest absolute Gasteiger partial charge is 0.459 e. The third-order valence-electron chi connectivity index (χ3n) is 3.24. The molecule has 1 N–H and O–H groups in total. The van der Waals surface area contributed by atoms with Gasteiger partial charge in [-0.15, -0.1) is 0 Å². The van der Waals surface area contributed by atoms with Crippen molar-refractivity contribution < 1.29 is 24.1 Å². The first-order valence-corrected chi connectivity index (χ1v) is 5.19. The van der Waals surface area contributed by atoms with E-state index in [0.29, 0.717) is 0 Å². The molecule has 1 aliphatic carbocycles. The van der Waals surface area contributed by atoms with Gasteiger partial charge in [-0.3, -0.25) is 4.79 Å². The molecule has 2 aliphatic rings. The van der Waals surface area contributed by atoms with Crippen molar-refractivity contribution in [1.29, 1.82) is 0 Å². The third kappa shape index (κ3) is 1.87. The number of rotatable bonds is 4. The lowest BCUT2D eigenvalue weighted by Gasteiger charge is -2.21. The summed E-state index contributed by atoms with van der Waals surface area (Å²) in [6.45, 7) is 0.0972. The zero-order valence-electron chi connectivity index (χ0n) is 8.72. The maximum absolute atomic E-state index is 11.4. The molecular formula is C10H16O5. The van der Waals surface area contributed by atoms with Crippen LogP contribution >= 0.6 is 0 Å². The average molecular weight is 216 g/mol. The molecule has 86 valence electrons. The topological polar surface area (TPSA) is 65.0 Å². The van der Waals surface area contributed by atoms with E-state index in [4.69, 9.17) is 19.3 Å². The Balaban J connectivity index is 2.01. The molecule has 1 heterocycles.